The number of hydrogen-bond acceptors (Lipinski definition) is 4. The number of nitrogens with zero attached hydrogens (tertiary/aromatic N) is 1. The molecule has 0 saturated heterocycles. The fourth-order valence-corrected chi connectivity index (χ4v) is 2.11. The maximum atomic E-state index is 13.0. The maximum Gasteiger partial charge on any atom is 0.123 e. The highest BCUT2D eigenvalue weighted by molar-refractivity contribution is 7.09. The second kappa shape index (κ2) is 4.59. The van der Waals surface area contributed by atoms with Gasteiger partial charge in [-0.3, -0.25) is 4.98 Å². The van der Waals surface area contributed by atoms with Crippen molar-refractivity contribution in [3.63, 3.8) is 0 Å². The summed E-state index contributed by atoms with van der Waals surface area (Å²) < 4.78 is 13.0. The number of thiazole rings is 1. The first-order chi connectivity index (χ1) is 7.66. The first-order valence-corrected chi connectivity index (χ1v) is 5.65. The number of rotatable bonds is 3. The van der Waals surface area contributed by atoms with Crippen molar-refractivity contribution in [1.29, 1.82) is 0 Å². The van der Waals surface area contributed by atoms with Gasteiger partial charge in [-0.25, -0.2) is 4.39 Å². The van der Waals surface area contributed by atoms with E-state index in [4.69, 9.17) is 5.73 Å². The number of hydrogen-bond donors (Lipinski definition) is 2. The molecule has 0 aliphatic heterocycles. The molecule has 2 rings (SSSR count). The number of aromatic nitrogens is 1. The quantitative estimate of drug-likeness (QED) is 0.805. The zero-order valence-electron chi connectivity index (χ0n) is 8.43. The van der Waals surface area contributed by atoms with E-state index >= 15 is 0 Å². The molecule has 3 N–H and O–H groups in total. The summed E-state index contributed by atoms with van der Waals surface area (Å²) in [7, 11) is 0. The zero-order chi connectivity index (χ0) is 11.5. The molecule has 0 saturated carbocycles. The molecule has 1 atom stereocenters. The van der Waals surface area contributed by atoms with E-state index in [2.05, 4.69) is 4.98 Å². The van der Waals surface area contributed by atoms with E-state index in [9.17, 15) is 9.50 Å². The minimum Gasteiger partial charge on any atom is -0.398 e. The maximum absolute atomic E-state index is 13.0. The van der Waals surface area contributed by atoms with Gasteiger partial charge in [-0.05, 0) is 18.2 Å². The van der Waals surface area contributed by atoms with Crippen LogP contribution >= 0.6 is 11.3 Å². The Morgan fingerprint density at radius 2 is 2.31 bits per heavy atom. The van der Waals surface area contributed by atoms with Gasteiger partial charge in [-0.15, -0.1) is 11.3 Å². The van der Waals surface area contributed by atoms with E-state index in [1.54, 1.807) is 11.7 Å². The third kappa shape index (κ3) is 2.37. The SMILES string of the molecule is Nc1ccc(F)cc1C(O)Cc1cncs1. The smallest absolute Gasteiger partial charge is 0.123 e. The molecule has 0 fully saturated rings. The number of benzene rings is 1. The molecule has 1 unspecified atom stereocenters. The lowest BCUT2D eigenvalue weighted by molar-refractivity contribution is 0.179. The predicted molar refractivity (Wildman–Crippen MR) is 61.6 cm³/mol. The summed E-state index contributed by atoms with van der Waals surface area (Å²) in [4.78, 5) is 4.85. The number of aliphatic hydroxyl groups excluding tert-OH is 1. The van der Waals surface area contributed by atoms with Crippen LogP contribution in [0.1, 0.15) is 16.5 Å². The Balaban J connectivity index is 2.20. The topological polar surface area (TPSA) is 59.1 Å². The van der Waals surface area contributed by atoms with Crippen molar-refractivity contribution in [2.45, 2.75) is 12.5 Å². The predicted octanol–water partition coefficient (Wildman–Crippen LogP) is 2.14. The summed E-state index contributed by atoms with van der Waals surface area (Å²) in [6, 6.07) is 4.00. The van der Waals surface area contributed by atoms with Gasteiger partial charge in [0, 0.05) is 28.7 Å². The molecule has 16 heavy (non-hydrogen) atoms. The highest BCUT2D eigenvalue weighted by atomic mass is 32.1. The Hall–Kier alpha value is -1.46. The molecule has 0 bridgehead atoms. The molecular formula is C11H11FN2OS. The molecule has 0 spiro atoms. The van der Waals surface area contributed by atoms with Crippen LogP contribution < -0.4 is 5.73 Å². The number of anilines is 1. The van der Waals surface area contributed by atoms with Gasteiger partial charge < -0.3 is 10.8 Å². The van der Waals surface area contributed by atoms with Gasteiger partial charge >= 0.3 is 0 Å². The molecule has 0 radical (unpaired) electrons. The van der Waals surface area contributed by atoms with Crippen LogP contribution in [0.5, 0.6) is 0 Å². The molecule has 1 aromatic heterocycles. The van der Waals surface area contributed by atoms with Crippen molar-refractivity contribution in [3.8, 4) is 0 Å². The third-order valence-electron chi connectivity index (χ3n) is 2.29. The lowest BCUT2D eigenvalue weighted by Crippen LogP contribution is -2.05. The second-order valence-electron chi connectivity index (χ2n) is 3.46. The lowest BCUT2D eigenvalue weighted by atomic mass is 10.0. The van der Waals surface area contributed by atoms with Crippen molar-refractivity contribution in [2.75, 3.05) is 5.73 Å². The highest BCUT2D eigenvalue weighted by Gasteiger charge is 2.13. The van der Waals surface area contributed by atoms with Crippen LogP contribution in [0.2, 0.25) is 0 Å². The van der Waals surface area contributed by atoms with Crippen LogP contribution in [-0.2, 0) is 6.42 Å². The number of aliphatic hydroxyl groups is 1. The van der Waals surface area contributed by atoms with Crippen LogP contribution in [0.25, 0.3) is 0 Å². The molecule has 0 aliphatic rings. The summed E-state index contributed by atoms with van der Waals surface area (Å²) in [5.41, 5.74) is 8.20. The summed E-state index contributed by atoms with van der Waals surface area (Å²) in [6.07, 6.45) is 1.29. The zero-order valence-corrected chi connectivity index (χ0v) is 9.25. The third-order valence-corrected chi connectivity index (χ3v) is 3.09. The fraction of sp³-hybridized carbons (Fsp3) is 0.182. The molecular weight excluding hydrogens is 227 g/mol. The Labute approximate surface area is 96.4 Å². The van der Waals surface area contributed by atoms with Gasteiger partial charge in [-0.2, -0.15) is 0 Å². The number of halogens is 1. The van der Waals surface area contributed by atoms with Crippen LogP contribution in [0.3, 0.4) is 0 Å². The van der Waals surface area contributed by atoms with E-state index in [-0.39, 0.29) is 0 Å². The summed E-state index contributed by atoms with van der Waals surface area (Å²) in [5.74, 6) is -0.396. The molecule has 84 valence electrons. The Kier molecular flexibility index (Phi) is 3.17. The summed E-state index contributed by atoms with van der Waals surface area (Å²) >= 11 is 1.45. The molecule has 0 amide bonds. The summed E-state index contributed by atoms with van der Waals surface area (Å²) in [6.45, 7) is 0. The largest absolute Gasteiger partial charge is 0.398 e. The number of nitrogens with two attached hydrogens (primary N) is 1. The normalized spacial score (nSPS) is 12.6. The average Bonchev–Trinajstić information content (AvgIpc) is 2.74. The first kappa shape index (κ1) is 11.0. The van der Waals surface area contributed by atoms with Crippen molar-refractivity contribution in [2.24, 2.45) is 0 Å². The van der Waals surface area contributed by atoms with Crippen molar-refractivity contribution in [3.05, 3.63) is 46.2 Å². The van der Waals surface area contributed by atoms with E-state index in [1.807, 2.05) is 0 Å². The molecule has 3 nitrogen and oxygen atoms in total. The van der Waals surface area contributed by atoms with E-state index in [0.717, 1.165) is 4.88 Å². The van der Waals surface area contributed by atoms with E-state index in [1.165, 1.54) is 29.5 Å². The minimum absolute atomic E-state index is 0.396. The van der Waals surface area contributed by atoms with E-state index < -0.39 is 11.9 Å². The minimum atomic E-state index is -0.795. The van der Waals surface area contributed by atoms with Gasteiger partial charge in [0.1, 0.15) is 5.82 Å². The second-order valence-corrected chi connectivity index (χ2v) is 4.43. The molecule has 0 aliphatic carbocycles. The van der Waals surface area contributed by atoms with Crippen LogP contribution in [-0.4, -0.2) is 10.1 Å². The highest BCUT2D eigenvalue weighted by Crippen LogP contribution is 2.25. The Morgan fingerprint density at radius 3 is 3.00 bits per heavy atom. The van der Waals surface area contributed by atoms with Crippen LogP contribution in [0.15, 0.2) is 29.9 Å². The molecule has 1 heterocycles. The van der Waals surface area contributed by atoms with Gasteiger partial charge in [0.05, 0.1) is 11.6 Å². The average molecular weight is 238 g/mol. The molecule has 1 aromatic carbocycles. The number of nitrogen functional groups attached to an aromatic ring is 1. The lowest BCUT2D eigenvalue weighted by Gasteiger charge is -2.12. The van der Waals surface area contributed by atoms with Crippen molar-refractivity contribution in [1.82, 2.24) is 4.98 Å². The fourth-order valence-electron chi connectivity index (χ4n) is 1.48. The Morgan fingerprint density at radius 1 is 1.50 bits per heavy atom. The van der Waals surface area contributed by atoms with Crippen molar-refractivity contribution >= 4 is 17.0 Å². The monoisotopic (exact) mass is 238 g/mol. The van der Waals surface area contributed by atoms with Crippen molar-refractivity contribution < 1.29 is 9.50 Å². The standard InChI is InChI=1S/C11H11FN2OS/c12-7-1-2-10(13)9(3-7)11(15)4-8-5-14-6-16-8/h1-3,5-6,11,15H,4,13H2. The van der Waals surface area contributed by atoms with Gasteiger partial charge in [-0.1, -0.05) is 0 Å². The van der Waals surface area contributed by atoms with Gasteiger partial charge in [0.15, 0.2) is 0 Å². The Bertz CT molecular complexity index is 473. The van der Waals surface area contributed by atoms with E-state index in [0.29, 0.717) is 17.7 Å². The summed E-state index contributed by atoms with van der Waals surface area (Å²) in [5, 5.41) is 9.93. The first-order valence-electron chi connectivity index (χ1n) is 4.77. The molecule has 5 heteroatoms. The molecule has 2 aromatic rings. The van der Waals surface area contributed by atoms with Crippen LogP contribution in [0, 0.1) is 5.82 Å². The van der Waals surface area contributed by atoms with Gasteiger partial charge in [0.25, 0.3) is 0 Å². The van der Waals surface area contributed by atoms with Gasteiger partial charge in [0.2, 0.25) is 0 Å². The van der Waals surface area contributed by atoms with Crippen LogP contribution in [0.4, 0.5) is 10.1 Å².